The van der Waals surface area contributed by atoms with Gasteiger partial charge in [0.1, 0.15) is 0 Å². The summed E-state index contributed by atoms with van der Waals surface area (Å²) in [4.78, 5) is 14.6. The summed E-state index contributed by atoms with van der Waals surface area (Å²) < 4.78 is 0. The number of ketones is 1. The van der Waals surface area contributed by atoms with Crippen molar-refractivity contribution in [2.75, 3.05) is 39.3 Å². The lowest BCUT2D eigenvalue weighted by molar-refractivity contribution is 0.0989. The summed E-state index contributed by atoms with van der Waals surface area (Å²) in [5, 5.41) is 6.56. The third kappa shape index (κ3) is 5.87. The fourth-order valence-electron chi connectivity index (χ4n) is 2.80. The van der Waals surface area contributed by atoms with Crippen LogP contribution in [0.25, 0.3) is 0 Å². The largest absolute Gasteiger partial charge is 0.313 e. The van der Waals surface area contributed by atoms with Gasteiger partial charge in [-0.2, -0.15) is 0 Å². The Morgan fingerprint density at radius 3 is 2.50 bits per heavy atom. The first kappa shape index (κ1) is 17.1. The predicted octanol–water partition coefficient (Wildman–Crippen LogP) is 2.05. The van der Waals surface area contributed by atoms with Gasteiger partial charge >= 0.3 is 0 Å². The highest BCUT2D eigenvalue weighted by Crippen LogP contribution is 2.07. The molecule has 2 N–H and O–H groups in total. The van der Waals surface area contributed by atoms with E-state index in [1.165, 1.54) is 37.9 Å². The van der Waals surface area contributed by atoms with Gasteiger partial charge in [-0.1, -0.05) is 37.6 Å². The van der Waals surface area contributed by atoms with Gasteiger partial charge in [0.2, 0.25) is 0 Å². The minimum atomic E-state index is 0.175. The van der Waals surface area contributed by atoms with Gasteiger partial charge in [-0.3, -0.25) is 4.79 Å². The number of Topliss-reactive ketones (excluding diaryl/α,β-unsaturated/α-hetero) is 1. The van der Waals surface area contributed by atoms with E-state index in [0.717, 1.165) is 31.7 Å². The zero-order chi connectivity index (χ0) is 15.6. The topological polar surface area (TPSA) is 44.4 Å². The molecule has 22 heavy (non-hydrogen) atoms. The minimum absolute atomic E-state index is 0.175. The fourth-order valence-corrected chi connectivity index (χ4v) is 2.80. The van der Waals surface area contributed by atoms with Crippen molar-refractivity contribution in [1.29, 1.82) is 0 Å². The highest BCUT2D eigenvalue weighted by Gasteiger charge is 2.10. The lowest BCUT2D eigenvalue weighted by Gasteiger charge is -2.26. The molecular formula is C18H29N3O. The molecule has 2 rings (SSSR count). The van der Waals surface area contributed by atoms with E-state index in [4.69, 9.17) is 0 Å². The Morgan fingerprint density at radius 2 is 1.82 bits per heavy atom. The molecule has 1 fully saturated rings. The Morgan fingerprint density at radius 1 is 1.09 bits per heavy atom. The van der Waals surface area contributed by atoms with E-state index in [2.05, 4.69) is 22.5 Å². The normalized spacial score (nSPS) is 15.9. The van der Waals surface area contributed by atoms with Crippen LogP contribution in [0, 0.1) is 0 Å². The van der Waals surface area contributed by atoms with E-state index in [1.54, 1.807) is 0 Å². The number of hydrogen-bond acceptors (Lipinski definition) is 4. The number of nitrogens with one attached hydrogen (secondary N) is 2. The van der Waals surface area contributed by atoms with E-state index in [-0.39, 0.29) is 5.78 Å². The summed E-state index contributed by atoms with van der Waals surface area (Å²) in [6.45, 7) is 8.71. The molecule has 4 nitrogen and oxygen atoms in total. The van der Waals surface area contributed by atoms with Gasteiger partial charge in [-0.25, -0.2) is 0 Å². The van der Waals surface area contributed by atoms with E-state index < -0.39 is 0 Å². The number of nitrogens with zero attached hydrogens (tertiary/aromatic N) is 1. The summed E-state index contributed by atoms with van der Waals surface area (Å²) in [6, 6.07) is 7.93. The maximum Gasteiger partial charge on any atom is 0.176 e. The van der Waals surface area contributed by atoms with Gasteiger partial charge in [0.15, 0.2) is 5.78 Å². The summed E-state index contributed by atoms with van der Waals surface area (Å²) in [6.07, 6.45) is 4.00. The Hall–Kier alpha value is -1.23. The number of likely N-dealkylation sites (tertiary alicyclic amines) is 1. The summed E-state index contributed by atoms with van der Waals surface area (Å²) in [5.41, 5.74) is 2.02. The van der Waals surface area contributed by atoms with Crippen LogP contribution in [0.3, 0.4) is 0 Å². The third-order valence-corrected chi connectivity index (χ3v) is 4.19. The Bertz CT molecular complexity index is 438. The average Bonchev–Trinajstić information content (AvgIpc) is 2.58. The summed E-state index contributed by atoms with van der Waals surface area (Å²) >= 11 is 0. The molecule has 1 aromatic rings. The molecule has 4 heteroatoms. The number of benzene rings is 1. The zero-order valence-electron chi connectivity index (χ0n) is 13.7. The van der Waals surface area contributed by atoms with Gasteiger partial charge in [0.25, 0.3) is 0 Å². The van der Waals surface area contributed by atoms with Crippen LogP contribution in [0.5, 0.6) is 0 Å². The van der Waals surface area contributed by atoms with Crippen molar-refractivity contribution in [3.05, 3.63) is 35.4 Å². The van der Waals surface area contributed by atoms with Crippen LogP contribution in [0.4, 0.5) is 0 Å². The molecule has 122 valence electrons. The van der Waals surface area contributed by atoms with Gasteiger partial charge in [0, 0.05) is 25.2 Å². The van der Waals surface area contributed by atoms with Crippen LogP contribution in [-0.2, 0) is 6.54 Å². The van der Waals surface area contributed by atoms with Crippen LogP contribution < -0.4 is 10.6 Å². The average molecular weight is 303 g/mol. The lowest BCUT2D eigenvalue weighted by atomic mass is 10.1. The summed E-state index contributed by atoms with van der Waals surface area (Å²) in [7, 11) is 0. The quantitative estimate of drug-likeness (QED) is 0.541. The maximum atomic E-state index is 12.1. The zero-order valence-corrected chi connectivity index (χ0v) is 13.7. The number of hydrogen-bond donors (Lipinski definition) is 2. The fraction of sp³-hybridized carbons (Fsp3) is 0.611. The van der Waals surface area contributed by atoms with E-state index >= 15 is 0 Å². The molecule has 0 radical (unpaired) electrons. The Kier molecular flexibility index (Phi) is 7.57. The predicted molar refractivity (Wildman–Crippen MR) is 91.3 cm³/mol. The van der Waals surface area contributed by atoms with E-state index in [0.29, 0.717) is 6.54 Å². The van der Waals surface area contributed by atoms with Crippen molar-refractivity contribution >= 4 is 5.78 Å². The van der Waals surface area contributed by atoms with Crippen molar-refractivity contribution in [3.8, 4) is 0 Å². The number of carbonyl (C=O) groups excluding carboxylic acids is 1. The van der Waals surface area contributed by atoms with Crippen molar-refractivity contribution in [1.82, 2.24) is 15.5 Å². The van der Waals surface area contributed by atoms with Crippen LogP contribution >= 0.6 is 0 Å². The Balaban J connectivity index is 1.65. The SMILES string of the molecule is CCNCc1ccc(C(=O)CNCCN2CCCCC2)cc1. The molecular weight excluding hydrogens is 274 g/mol. The van der Waals surface area contributed by atoms with Crippen LogP contribution in [-0.4, -0.2) is 50.0 Å². The smallest absolute Gasteiger partial charge is 0.176 e. The first-order chi connectivity index (χ1) is 10.8. The first-order valence-corrected chi connectivity index (χ1v) is 8.55. The third-order valence-electron chi connectivity index (χ3n) is 4.19. The second-order valence-electron chi connectivity index (χ2n) is 5.98. The molecule has 0 atom stereocenters. The molecule has 1 aromatic carbocycles. The molecule has 1 heterocycles. The summed E-state index contributed by atoms with van der Waals surface area (Å²) in [5.74, 6) is 0.175. The molecule has 0 bridgehead atoms. The van der Waals surface area contributed by atoms with Crippen LogP contribution in [0.15, 0.2) is 24.3 Å². The first-order valence-electron chi connectivity index (χ1n) is 8.55. The second-order valence-corrected chi connectivity index (χ2v) is 5.98. The van der Waals surface area contributed by atoms with Crippen molar-refractivity contribution in [2.45, 2.75) is 32.7 Å². The van der Waals surface area contributed by atoms with Crippen LogP contribution in [0.1, 0.15) is 42.1 Å². The number of carbonyl (C=O) groups is 1. The van der Waals surface area contributed by atoms with Crippen molar-refractivity contribution < 1.29 is 4.79 Å². The highest BCUT2D eigenvalue weighted by atomic mass is 16.1. The van der Waals surface area contributed by atoms with Crippen LogP contribution in [0.2, 0.25) is 0 Å². The van der Waals surface area contributed by atoms with E-state index in [1.807, 2.05) is 24.3 Å². The molecule has 0 unspecified atom stereocenters. The molecule has 0 amide bonds. The second kappa shape index (κ2) is 9.72. The monoisotopic (exact) mass is 303 g/mol. The molecule has 0 spiro atoms. The van der Waals surface area contributed by atoms with Gasteiger partial charge < -0.3 is 15.5 Å². The van der Waals surface area contributed by atoms with E-state index in [9.17, 15) is 4.79 Å². The number of piperidine rings is 1. The molecule has 1 aliphatic rings. The molecule has 0 aromatic heterocycles. The van der Waals surface area contributed by atoms with Gasteiger partial charge in [-0.05, 0) is 38.0 Å². The standard InChI is InChI=1S/C18H29N3O/c1-2-19-14-16-6-8-17(9-7-16)18(22)15-20-10-13-21-11-4-3-5-12-21/h6-9,19-20H,2-5,10-15H2,1H3. The highest BCUT2D eigenvalue weighted by molar-refractivity contribution is 5.97. The lowest BCUT2D eigenvalue weighted by Crippen LogP contribution is -2.37. The van der Waals surface area contributed by atoms with Gasteiger partial charge in [-0.15, -0.1) is 0 Å². The molecule has 1 aliphatic heterocycles. The maximum absolute atomic E-state index is 12.1. The number of rotatable bonds is 9. The molecule has 1 saturated heterocycles. The van der Waals surface area contributed by atoms with Gasteiger partial charge in [0.05, 0.1) is 6.54 Å². The van der Waals surface area contributed by atoms with Crippen molar-refractivity contribution in [2.24, 2.45) is 0 Å². The molecule has 0 aliphatic carbocycles. The molecule has 0 saturated carbocycles. The Labute approximate surface area is 134 Å². The minimum Gasteiger partial charge on any atom is -0.313 e. The van der Waals surface area contributed by atoms with Crippen molar-refractivity contribution in [3.63, 3.8) is 0 Å².